The molecule has 0 spiro atoms. The Labute approximate surface area is 68.8 Å². The van der Waals surface area contributed by atoms with E-state index in [1.807, 2.05) is 0 Å². The van der Waals surface area contributed by atoms with Crippen LogP contribution < -0.4 is 0 Å². The summed E-state index contributed by atoms with van der Waals surface area (Å²) in [6.07, 6.45) is 0. The van der Waals surface area contributed by atoms with Gasteiger partial charge in [-0.2, -0.15) is 0 Å². The Morgan fingerprint density at radius 3 is 1.83 bits per heavy atom. The SMILES string of the molecule is ClC(Cl)(Br)CI. The van der Waals surface area contributed by atoms with Gasteiger partial charge in [-0.15, -0.1) is 0 Å². The van der Waals surface area contributed by atoms with Crippen LogP contribution in [0.3, 0.4) is 0 Å². The van der Waals surface area contributed by atoms with Crippen LogP contribution in [0.4, 0.5) is 0 Å². The summed E-state index contributed by atoms with van der Waals surface area (Å²) in [6.45, 7) is 0. The highest BCUT2D eigenvalue weighted by atomic mass is 127. The maximum Gasteiger partial charge on any atom is 0.181 e. The van der Waals surface area contributed by atoms with Crippen LogP contribution in [0.25, 0.3) is 0 Å². The van der Waals surface area contributed by atoms with Crippen molar-refractivity contribution in [1.82, 2.24) is 0 Å². The third kappa shape index (κ3) is 5.79. The summed E-state index contributed by atoms with van der Waals surface area (Å²) in [5, 5.41) is 0. The van der Waals surface area contributed by atoms with E-state index in [0.29, 0.717) is 4.43 Å². The van der Waals surface area contributed by atoms with Gasteiger partial charge >= 0.3 is 0 Å². The van der Waals surface area contributed by atoms with Gasteiger partial charge in [0.25, 0.3) is 0 Å². The van der Waals surface area contributed by atoms with E-state index in [4.69, 9.17) is 23.2 Å². The quantitative estimate of drug-likeness (QED) is 0.516. The number of halogens is 4. The fourth-order valence-corrected chi connectivity index (χ4v) is 0. The highest BCUT2D eigenvalue weighted by molar-refractivity contribution is 14.1. The number of hydrogen-bond donors (Lipinski definition) is 0. The smallest absolute Gasteiger partial charge is 0.0880 e. The van der Waals surface area contributed by atoms with Gasteiger partial charge in [0.2, 0.25) is 0 Å². The van der Waals surface area contributed by atoms with Gasteiger partial charge in [-0.3, -0.25) is 0 Å². The number of hydrogen-bond acceptors (Lipinski definition) is 0. The van der Waals surface area contributed by atoms with E-state index in [2.05, 4.69) is 38.5 Å². The van der Waals surface area contributed by atoms with Gasteiger partial charge in [-0.05, 0) is 15.9 Å². The molecule has 0 N–H and O–H groups in total. The fraction of sp³-hybridized carbons (Fsp3) is 1.00. The Morgan fingerprint density at radius 2 is 1.83 bits per heavy atom. The molecule has 0 heterocycles. The molecule has 0 unspecified atom stereocenters. The number of rotatable bonds is 1. The summed E-state index contributed by atoms with van der Waals surface area (Å²) in [7, 11) is 0. The lowest BCUT2D eigenvalue weighted by atomic mass is 11.0. The summed E-state index contributed by atoms with van der Waals surface area (Å²) in [5.41, 5.74) is 0. The van der Waals surface area contributed by atoms with Crippen LogP contribution in [-0.2, 0) is 0 Å². The van der Waals surface area contributed by atoms with Crippen LogP contribution in [0.5, 0.6) is 0 Å². The number of alkyl halides is 4. The maximum absolute atomic E-state index is 5.39. The second kappa shape index (κ2) is 2.95. The third-order valence-corrected chi connectivity index (χ3v) is 3.79. The normalized spacial score (nSPS) is 12.0. The third-order valence-electron chi connectivity index (χ3n) is 0.152. The molecule has 0 saturated heterocycles. The zero-order valence-corrected chi connectivity index (χ0v) is 7.97. The van der Waals surface area contributed by atoms with Crippen molar-refractivity contribution in [1.29, 1.82) is 0 Å². The van der Waals surface area contributed by atoms with Gasteiger partial charge in [0.1, 0.15) is 0 Å². The molecule has 0 radical (unpaired) electrons. The van der Waals surface area contributed by atoms with Crippen molar-refractivity contribution >= 4 is 61.7 Å². The lowest BCUT2D eigenvalue weighted by Gasteiger charge is -2.01. The van der Waals surface area contributed by atoms with E-state index in [1.54, 1.807) is 0 Å². The molecule has 6 heavy (non-hydrogen) atoms. The van der Waals surface area contributed by atoms with Crippen molar-refractivity contribution in [2.45, 2.75) is 3.24 Å². The van der Waals surface area contributed by atoms with E-state index < -0.39 is 3.24 Å². The lowest BCUT2D eigenvalue weighted by Crippen LogP contribution is -1.99. The van der Waals surface area contributed by atoms with Gasteiger partial charge in [0.15, 0.2) is 3.24 Å². The summed E-state index contributed by atoms with van der Waals surface area (Å²) in [5.74, 6) is 0. The van der Waals surface area contributed by atoms with E-state index in [1.165, 1.54) is 0 Å². The largest absolute Gasteiger partial charge is 0.181 e. The van der Waals surface area contributed by atoms with Crippen LogP contribution in [0.15, 0.2) is 0 Å². The van der Waals surface area contributed by atoms with Crippen LogP contribution in [0.1, 0.15) is 0 Å². The Kier molecular flexibility index (Phi) is 3.83. The van der Waals surface area contributed by atoms with E-state index in [-0.39, 0.29) is 0 Å². The molecule has 0 rings (SSSR count). The predicted octanol–water partition coefficient (Wildman–Crippen LogP) is 2.95. The molecule has 38 valence electrons. The first kappa shape index (κ1) is 7.79. The van der Waals surface area contributed by atoms with Crippen molar-refractivity contribution < 1.29 is 0 Å². The molecule has 0 saturated carbocycles. The Bertz CT molecular complexity index is 41.3. The topological polar surface area (TPSA) is 0 Å². The van der Waals surface area contributed by atoms with Crippen molar-refractivity contribution in [3.8, 4) is 0 Å². The first-order valence-corrected chi connectivity index (χ1v) is 4.26. The molecule has 0 atom stereocenters. The van der Waals surface area contributed by atoms with Gasteiger partial charge in [-0.1, -0.05) is 45.8 Å². The van der Waals surface area contributed by atoms with E-state index >= 15 is 0 Å². The van der Waals surface area contributed by atoms with Crippen LogP contribution in [-0.4, -0.2) is 7.67 Å². The van der Waals surface area contributed by atoms with Gasteiger partial charge in [0.05, 0.1) is 0 Å². The lowest BCUT2D eigenvalue weighted by molar-refractivity contribution is 1.38. The van der Waals surface area contributed by atoms with E-state index in [9.17, 15) is 0 Å². The molecule has 0 aliphatic rings. The summed E-state index contributed by atoms with van der Waals surface area (Å²) in [4.78, 5) is 0. The average molecular weight is 304 g/mol. The highest BCUT2D eigenvalue weighted by Gasteiger charge is 2.14. The molecule has 0 nitrogen and oxygen atoms in total. The minimum absolute atomic E-state index is 0.688. The molecule has 4 heteroatoms. The molecule has 0 aromatic carbocycles. The Morgan fingerprint density at radius 1 is 1.67 bits per heavy atom. The monoisotopic (exact) mass is 302 g/mol. The first-order chi connectivity index (χ1) is 2.56. The Hall–Kier alpha value is 1.79. The highest BCUT2D eigenvalue weighted by Crippen LogP contribution is 2.30. The van der Waals surface area contributed by atoms with E-state index in [0.717, 1.165) is 0 Å². The van der Waals surface area contributed by atoms with Crippen molar-refractivity contribution in [2.75, 3.05) is 4.43 Å². The maximum atomic E-state index is 5.39. The average Bonchev–Trinajstić information content (AvgIpc) is 1.35. The molecular formula is C2H2BrCl2I. The molecule has 0 bridgehead atoms. The van der Waals surface area contributed by atoms with Crippen molar-refractivity contribution in [2.24, 2.45) is 0 Å². The molecule has 0 amide bonds. The molecule has 0 aromatic heterocycles. The Balaban J connectivity index is 3.17. The van der Waals surface area contributed by atoms with Crippen molar-refractivity contribution in [3.63, 3.8) is 0 Å². The second-order valence-electron chi connectivity index (χ2n) is 0.749. The predicted molar refractivity (Wildman–Crippen MR) is 42.3 cm³/mol. The van der Waals surface area contributed by atoms with Crippen LogP contribution >= 0.6 is 61.7 Å². The fourth-order valence-electron chi connectivity index (χ4n) is 0. The summed E-state index contributed by atoms with van der Waals surface area (Å²) in [6, 6.07) is 0. The standard InChI is InChI=1S/C2H2BrCl2I/c3-2(4,5)1-6/h1H2. The van der Waals surface area contributed by atoms with Crippen LogP contribution in [0.2, 0.25) is 0 Å². The first-order valence-electron chi connectivity index (χ1n) is 1.19. The molecule has 0 fully saturated rings. The van der Waals surface area contributed by atoms with Crippen LogP contribution in [0, 0.1) is 0 Å². The van der Waals surface area contributed by atoms with Gasteiger partial charge in [-0.25, -0.2) is 0 Å². The van der Waals surface area contributed by atoms with Gasteiger partial charge in [0, 0.05) is 4.43 Å². The van der Waals surface area contributed by atoms with Gasteiger partial charge < -0.3 is 0 Å². The zero-order valence-electron chi connectivity index (χ0n) is 2.72. The molecule has 0 aromatic rings. The minimum Gasteiger partial charge on any atom is -0.0880 e. The summed E-state index contributed by atoms with van der Waals surface area (Å²) >= 11 is 15.9. The second-order valence-corrected chi connectivity index (χ2v) is 5.26. The minimum atomic E-state index is -0.715. The molecule has 0 aliphatic carbocycles. The summed E-state index contributed by atoms with van der Waals surface area (Å²) < 4.78 is -0.0264. The molecule has 0 aliphatic heterocycles. The molecular weight excluding hydrogens is 302 g/mol. The zero-order chi connectivity index (χ0) is 5.21. The van der Waals surface area contributed by atoms with Crippen molar-refractivity contribution in [3.05, 3.63) is 0 Å².